The molecule has 2 aromatic heterocycles. The molecular formula is C16H19N3O3S2. The molecule has 4 rings (SSSR count). The number of nitrogens with zero attached hydrogens (tertiary/aromatic N) is 2. The molecule has 1 amide bonds. The lowest BCUT2D eigenvalue weighted by Gasteiger charge is -2.38. The number of hydrogen-bond acceptors (Lipinski definition) is 5. The van der Waals surface area contributed by atoms with Gasteiger partial charge in [-0.25, -0.2) is 18.1 Å². The Labute approximate surface area is 144 Å². The standard InChI is InChI=1S/C16H19N3O3S2/c20-16(14-15-11(5-7-17-14)6-8-23-15)19-9-13(10-19)24(21,22)18-12-3-1-2-4-12/h5-8,12-13,18H,1-4,9-10H2. The van der Waals surface area contributed by atoms with Crippen LogP contribution in [0.1, 0.15) is 36.2 Å². The molecule has 0 radical (unpaired) electrons. The van der Waals surface area contributed by atoms with Crippen molar-refractivity contribution in [1.82, 2.24) is 14.6 Å². The van der Waals surface area contributed by atoms with Crippen molar-refractivity contribution in [3.05, 3.63) is 29.4 Å². The number of thiophene rings is 1. The maximum Gasteiger partial charge on any atom is 0.274 e. The zero-order chi connectivity index (χ0) is 16.7. The predicted octanol–water partition coefficient (Wildman–Crippen LogP) is 1.98. The molecule has 1 saturated carbocycles. The summed E-state index contributed by atoms with van der Waals surface area (Å²) in [5, 5.41) is 2.41. The maximum atomic E-state index is 12.6. The first-order valence-electron chi connectivity index (χ1n) is 8.17. The summed E-state index contributed by atoms with van der Waals surface area (Å²) in [6.45, 7) is 0.481. The van der Waals surface area contributed by atoms with Gasteiger partial charge >= 0.3 is 0 Å². The van der Waals surface area contributed by atoms with E-state index in [2.05, 4.69) is 9.71 Å². The summed E-state index contributed by atoms with van der Waals surface area (Å²) in [5.74, 6) is -0.185. The normalized spacial score (nSPS) is 19.8. The predicted molar refractivity (Wildman–Crippen MR) is 93.6 cm³/mol. The monoisotopic (exact) mass is 365 g/mol. The van der Waals surface area contributed by atoms with Crippen LogP contribution in [0.3, 0.4) is 0 Å². The number of carbonyl (C=O) groups is 1. The number of carbonyl (C=O) groups excluding carboxylic acids is 1. The minimum atomic E-state index is -3.35. The second kappa shape index (κ2) is 6.09. The molecule has 0 atom stereocenters. The van der Waals surface area contributed by atoms with Gasteiger partial charge in [0, 0.05) is 25.3 Å². The first-order valence-corrected chi connectivity index (χ1v) is 10.6. The number of aromatic nitrogens is 1. The lowest BCUT2D eigenvalue weighted by atomic mass is 10.1. The van der Waals surface area contributed by atoms with E-state index in [1.54, 1.807) is 11.1 Å². The Morgan fingerprint density at radius 1 is 1.25 bits per heavy atom. The summed E-state index contributed by atoms with van der Waals surface area (Å²) < 4.78 is 28.4. The van der Waals surface area contributed by atoms with Gasteiger partial charge in [-0.05, 0) is 35.7 Å². The van der Waals surface area contributed by atoms with Crippen molar-refractivity contribution in [3.8, 4) is 0 Å². The molecule has 0 aromatic carbocycles. The van der Waals surface area contributed by atoms with Gasteiger partial charge in [0.25, 0.3) is 5.91 Å². The average Bonchev–Trinajstić information content (AvgIpc) is 3.14. The van der Waals surface area contributed by atoms with Crippen LogP contribution in [0.25, 0.3) is 10.1 Å². The SMILES string of the molecule is O=C(c1nccc2ccsc12)N1CC(S(=O)(=O)NC2CCCC2)C1. The van der Waals surface area contributed by atoms with E-state index < -0.39 is 15.3 Å². The van der Waals surface area contributed by atoms with E-state index in [-0.39, 0.29) is 25.0 Å². The zero-order valence-corrected chi connectivity index (χ0v) is 14.8. The Hall–Kier alpha value is -1.51. The van der Waals surface area contributed by atoms with Crippen molar-refractivity contribution < 1.29 is 13.2 Å². The van der Waals surface area contributed by atoms with Crippen LogP contribution in [0.5, 0.6) is 0 Å². The van der Waals surface area contributed by atoms with Gasteiger partial charge in [0.1, 0.15) is 10.9 Å². The van der Waals surface area contributed by atoms with E-state index in [1.165, 1.54) is 11.3 Å². The quantitative estimate of drug-likeness (QED) is 0.899. The van der Waals surface area contributed by atoms with Crippen LogP contribution in [-0.2, 0) is 10.0 Å². The third-order valence-electron chi connectivity index (χ3n) is 4.83. The molecule has 0 spiro atoms. The maximum absolute atomic E-state index is 12.6. The highest BCUT2D eigenvalue weighted by Gasteiger charge is 2.41. The van der Waals surface area contributed by atoms with Crippen molar-refractivity contribution in [3.63, 3.8) is 0 Å². The summed E-state index contributed by atoms with van der Waals surface area (Å²) in [4.78, 5) is 18.4. The van der Waals surface area contributed by atoms with Gasteiger partial charge in [-0.2, -0.15) is 0 Å². The first-order chi connectivity index (χ1) is 11.5. The molecule has 0 unspecified atom stereocenters. The summed E-state index contributed by atoms with van der Waals surface area (Å²) >= 11 is 1.48. The van der Waals surface area contributed by atoms with Gasteiger partial charge in [-0.15, -0.1) is 11.3 Å². The lowest BCUT2D eigenvalue weighted by molar-refractivity contribution is 0.0654. The number of rotatable bonds is 4. The Kier molecular flexibility index (Phi) is 4.06. The number of hydrogen-bond donors (Lipinski definition) is 1. The molecule has 2 aliphatic rings. The fourth-order valence-corrected chi connectivity index (χ4v) is 5.89. The van der Waals surface area contributed by atoms with E-state index >= 15 is 0 Å². The minimum absolute atomic E-state index is 0.0706. The smallest absolute Gasteiger partial charge is 0.274 e. The average molecular weight is 365 g/mol. The molecule has 1 saturated heterocycles. The van der Waals surface area contributed by atoms with E-state index in [1.807, 2.05) is 17.5 Å². The second-order valence-corrected chi connectivity index (χ2v) is 9.38. The number of amides is 1. The van der Waals surface area contributed by atoms with Crippen LogP contribution in [0.4, 0.5) is 0 Å². The number of likely N-dealkylation sites (tertiary alicyclic amines) is 1. The molecular weight excluding hydrogens is 346 g/mol. The van der Waals surface area contributed by atoms with E-state index in [0.29, 0.717) is 5.69 Å². The zero-order valence-electron chi connectivity index (χ0n) is 13.1. The summed E-state index contributed by atoms with van der Waals surface area (Å²) in [5.41, 5.74) is 0.419. The van der Waals surface area contributed by atoms with E-state index in [0.717, 1.165) is 35.8 Å². The number of nitrogens with one attached hydrogen (secondary N) is 1. The Bertz CT molecular complexity index is 866. The molecule has 1 aliphatic heterocycles. The van der Waals surface area contributed by atoms with Crippen LogP contribution in [0.2, 0.25) is 0 Å². The van der Waals surface area contributed by atoms with Crippen LogP contribution >= 0.6 is 11.3 Å². The van der Waals surface area contributed by atoms with Gasteiger partial charge in [-0.1, -0.05) is 12.8 Å². The number of pyridine rings is 1. The van der Waals surface area contributed by atoms with Gasteiger partial charge < -0.3 is 4.90 Å². The first kappa shape index (κ1) is 16.0. The number of fused-ring (bicyclic) bond motifs is 1. The van der Waals surface area contributed by atoms with Gasteiger partial charge in [-0.3, -0.25) is 4.79 Å². The molecule has 1 N–H and O–H groups in total. The summed E-state index contributed by atoms with van der Waals surface area (Å²) in [7, 11) is -3.35. The molecule has 3 heterocycles. The van der Waals surface area contributed by atoms with Crippen molar-refractivity contribution in [1.29, 1.82) is 0 Å². The van der Waals surface area contributed by atoms with Gasteiger partial charge in [0.05, 0.1) is 4.70 Å². The Morgan fingerprint density at radius 2 is 2.00 bits per heavy atom. The third kappa shape index (κ3) is 2.82. The van der Waals surface area contributed by atoms with Crippen molar-refractivity contribution in [2.75, 3.05) is 13.1 Å². The third-order valence-corrected chi connectivity index (χ3v) is 7.61. The summed E-state index contributed by atoms with van der Waals surface area (Å²) in [6, 6.07) is 3.89. The molecule has 0 bridgehead atoms. The van der Waals surface area contributed by atoms with E-state index in [9.17, 15) is 13.2 Å². The van der Waals surface area contributed by atoms with Crippen molar-refractivity contribution >= 4 is 37.4 Å². The largest absolute Gasteiger partial charge is 0.334 e. The summed E-state index contributed by atoms with van der Waals surface area (Å²) in [6.07, 6.45) is 5.62. The molecule has 8 heteroatoms. The highest BCUT2D eigenvalue weighted by molar-refractivity contribution is 7.90. The van der Waals surface area contributed by atoms with Crippen LogP contribution in [0, 0.1) is 0 Å². The molecule has 2 fully saturated rings. The van der Waals surface area contributed by atoms with Crippen molar-refractivity contribution in [2.24, 2.45) is 0 Å². The van der Waals surface area contributed by atoms with Gasteiger partial charge in [0.2, 0.25) is 10.0 Å². The molecule has 6 nitrogen and oxygen atoms in total. The van der Waals surface area contributed by atoms with E-state index in [4.69, 9.17) is 0 Å². The van der Waals surface area contributed by atoms with Gasteiger partial charge in [0.15, 0.2) is 0 Å². The molecule has 2 aromatic rings. The second-order valence-electron chi connectivity index (χ2n) is 6.47. The van der Waals surface area contributed by atoms with Crippen LogP contribution in [0.15, 0.2) is 23.7 Å². The minimum Gasteiger partial charge on any atom is -0.334 e. The highest BCUT2D eigenvalue weighted by Crippen LogP contribution is 2.27. The highest BCUT2D eigenvalue weighted by atomic mass is 32.2. The van der Waals surface area contributed by atoms with Crippen LogP contribution < -0.4 is 4.72 Å². The fraction of sp³-hybridized carbons (Fsp3) is 0.500. The molecule has 1 aliphatic carbocycles. The molecule has 128 valence electrons. The Morgan fingerprint density at radius 3 is 2.75 bits per heavy atom. The number of sulfonamides is 1. The van der Waals surface area contributed by atoms with Crippen LogP contribution in [-0.4, -0.2) is 48.6 Å². The fourth-order valence-electron chi connectivity index (χ4n) is 3.37. The topological polar surface area (TPSA) is 79.4 Å². The Balaban J connectivity index is 1.43. The van der Waals surface area contributed by atoms with Crippen molar-refractivity contribution in [2.45, 2.75) is 37.0 Å². The molecule has 24 heavy (non-hydrogen) atoms. The lowest BCUT2D eigenvalue weighted by Crippen LogP contribution is -2.60.